The minimum atomic E-state index is 0.340. The molecular formula is C5H14N2. The van der Waals surface area contributed by atoms with Gasteiger partial charge in [-0.15, -0.1) is 0 Å². The molecule has 0 radical (unpaired) electrons. The summed E-state index contributed by atoms with van der Waals surface area (Å²) in [6.45, 7) is 3.04. The maximum atomic E-state index is 5.44. The van der Waals surface area contributed by atoms with Crippen LogP contribution in [0.25, 0.3) is 0 Å². The summed E-state index contributed by atoms with van der Waals surface area (Å²) in [4.78, 5) is 0. The van der Waals surface area contributed by atoms with E-state index in [1.54, 1.807) is 0 Å². The molecule has 0 aliphatic heterocycles. The molecule has 0 saturated heterocycles. The maximum absolute atomic E-state index is 5.44. The van der Waals surface area contributed by atoms with E-state index in [1.165, 1.54) is 0 Å². The maximum Gasteiger partial charge on any atom is 0.00225 e. The Kier molecular flexibility index (Phi) is 4.04. The largest absolute Gasteiger partial charge is 0.328 e. The molecule has 0 unspecified atom stereocenters. The fourth-order valence-electron chi connectivity index (χ4n) is 0.372. The summed E-state index contributed by atoms with van der Waals surface area (Å²) < 4.78 is 0. The van der Waals surface area contributed by atoms with Crippen LogP contribution < -0.4 is 11.1 Å². The van der Waals surface area contributed by atoms with E-state index in [9.17, 15) is 0 Å². The van der Waals surface area contributed by atoms with E-state index < -0.39 is 0 Å². The van der Waals surface area contributed by atoms with Crippen molar-refractivity contribution < 1.29 is 0 Å². The second-order valence-electron chi connectivity index (χ2n) is 1.87. The summed E-state index contributed by atoms with van der Waals surface area (Å²) in [7, 11) is 1.93. The zero-order chi connectivity index (χ0) is 5.70. The monoisotopic (exact) mass is 102 g/mol. The number of hydrogen-bond acceptors (Lipinski definition) is 2. The number of nitrogens with one attached hydrogen (secondary N) is 1. The lowest BCUT2D eigenvalue weighted by molar-refractivity contribution is 0.627. The highest BCUT2D eigenvalue weighted by atomic mass is 14.8. The van der Waals surface area contributed by atoms with Gasteiger partial charge in [-0.25, -0.2) is 0 Å². The molecule has 44 valence electrons. The van der Waals surface area contributed by atoms with Crippen LogP contribution >= 0.6 is 0 Å². The lowest BCUT2D eigenvalue weighted by Crippen LogP contribution is -2.21. The molecule has 0 aliphatic carbocycles. The average Bonchev–Trinajstić information content (AvgIpc) is 1.61. The summed E-state index contributed by atoms with van der Waals surface area (Å²) in [6, 6.07) is 0.340. The topological polar surface area (TPSA) is 38.0 Å². The molecule has 2 heteroatoms. The van der Waals surface area contributed by atoms with Crippen molar-refractivity contribution in [1.82, 2.24) is 5.32 Å². The van der Waals surface area contributed by atoms with Gasteiger partial charge in [-0.1, -0.05) is 0 Å². The molecule has 0 amide bonds. The van der Waals surface area contributed by atoms with Crippen LogP contribution in [0.1, 0.15) is 13.3 Å². The van der Waals surface area contributed by atoms with E-state index in [1.807, 2.05) is 14.0 Å². The third-order valence-corrected chi connectivity index (χ3v) is 0.850. The van der Waals surface area contributed by atoms with E-state index in [-0.39, 0.29) is 0 Å². The van der Waals surface area contributed by atoms with Gasteiger partial charge in [-0.05, 0) is 26.9 Å². The van der Waals surface area contributed by atoms with Gasteiger partial charge in [0.2, 0.25) is 0 Å². The SMILES string of the molecule is CNCC[C@H](C)N. The number of nitrogens with two attached hydrogens (primary N) is 1. The quantitative estimate of drug-likeness (QED) is 0.524. The fourth-order valence-corrected chi connectivity index (χ4v) is 0.372. The first kappa shape index (κ1) is 6.92. The Bertz CT molecular complexity index is 35.1. The van der Waals surface area contributed by atoms with E-state index >= 15 is 0 Å². The zero-order valence-corrected chi connectivity index (χ0v) is 5.07. The molecule has 1 atom stereocenters. The van der Waals surface area contributed by atoms with Gasteiger partial charge in [0.05, 0.1) is 0 Å². The highest BCUT2D eigenvalue weighted by molar-refractivity contribution is 4.52. The Labute approximate surface area is 45.1 Å². The highest BCUT2D eigenvalue weighted by Gasteiger charge is 1.88. The summed E-state index contributed by atoms with van der Waals surface area (Å²) in [5.74, 6) is 0. The normalized spacial score (nSPS) is 14.1. The van der Waals surface area contributed by atoms with Crippen molar-refractivity contribution in [1.29, 1.82) is 0 Å². The molecule has 0 heterocycles. The Hall–Kier alpha value is -0.0800. The standard InChI is InChI=1S/C5H14N2/c1-5(6)3-4-7-2/h5,7H,3-4,6H2,1-2H3/t5-/m0/s1. The molecule has 0 fully saturated rings. The van der Waals surface area contributed by atoms with Gasteiger partial charge < -0.3 is 11.1 Å². The third-order valence-electron chi connectivity index (χ3n) is 0.850. The van der Waals surface area contributed by atoms with Gasteiger partial charge >= 0.3 is 0 Å². The van der Waals surface area contributed by atoms with Gasteiger partial charge in [0.25, 0.3) is 0 Å². The molecule has 0 aromatic rings. The lowest BCUT2D eigenvalue weighted by atomic mass is 10.2. The van der Waals surface area contributed by atoms with Gasteiger partial charge in [-0.2, -0.15) is 0 Å². The van der Waals surface area contributed by atoms with Crippen LogP contribution in [0.2, 0.25) is 0 Å². The first-order chi connectivity index (χ1) is 3.27. The molecule has 0 rings (SSSR count). The van der Waals surface area contributed by atoms with E-state index in [2.05, 4.69) is 5.32 Å². The molecule has 0 aliphatic rings. The highest BCUT2D eigenvalue weighted by Crippen LogP contribution is 1.79. The van der Waals surface area contributed by atoms with Crippen LogP contribution in [0.5, 0.6) is 0 Å². The Morgan fingerprint density at radius 2 is 2.29 bits per heavy atom. The van der Waals surface area contributed by atoms with Crippen LogP contribution in [-0.4, -0.2) is 19.6 Å². The average molecular weight is 102 g/mol. The molecule has 3 N–H and O–H groups in total. The summed E-state index contributed by atoms with van der Waals surface area (Å²) in [5, 5.41) is 3.02. The van der Waals surface area contributed by atoms with Crippen molar-refractivity contribution in [3.8, 4) is 0 Å². The second-order valence-corrected chi connectivity index (χ2v) is 1.87. The lowest BCUT2D eigenvalue weighted by Gasteiger charge is -2.00. The molecule has 0 bridgehead atoms. The molecule has 0 aromatic heterocycles. The van der Waals surface area contributed by atoms with Crippen LogP contribution in [0.3, 0.4) is 0 Å². The van der Waals surface area contributed by atoms with Crippen LogP contribution in [-0.2, 0) is 0 Å². The van der Waals surface area contributed by atoms with Crippen LogP contribution in [0.4, 0.5) is 0 Å². The van der Waals surface area contributed by atoms with Crippen molar-refractivity contribution in [3.63, 3.8) is 0 Å². The third kappa shape index (κ3) is 5.92. The predicted octanol–water partition coefficient (Wildman–Crippen LogP) is -0.0569. The van der Waals surface area contributed by atoms with Crippen molar-refractivity contribution in [3.05, 3.63) is 0 Å². The van der Waals surface area contributed by atoms with Gasteiger partial charge in [0, 0.05) is 6.04 Å². The van der Waals surface area contributed by atoms with E-state index in [0.29, 0.717) is 6.04 Å². The molecule has 0 aromatic carbocycles. The van der Waals surface area contributed by atoms with Crippen molar-refractivity contribution in [2.45, 2.75) is 19.4 Å². The second kappa shape index (κ2) is 4.09. The Balaban J connectivity index is 2.68. The Morgan fingerprint density at radius 3 is 2.43 bits per heavy atom. The van der Waals surface area contributed by atoms with E-state index in [0.717, 1.165) is 13.0 Å². The van der Waals surface area contributed by atoms with Gasteiger partial charge in [0.15, 0.2) is 0 Å². The van der Waals surface area contributed by atoms with Gasteiger partial charge in [0.1, 0.15) is 0 Å². The van der Waals surface area contributed by atoms with Crippen LogP contribution in [0, 0.1) is 0 Å². The fraction of sp³-hybridized carbons (Fsp3) is 1.00. The van der Waals surface area contributed by atoms with Crippen molar-refractivity contribution in [2.24, 2.45) is 5.73 Å². The minimum absolute atomic E-state index is 0.340. The molecule has 0 spiro atoms. The van der Waals surface area contributed by atoms with Gasteiger partial charge in [-0.3, -0.25) is 0 Å². The summed E-state index contributed by atoms with van der Waals surface area (Å²) in [6.07, 6.45) is 1.07. The first-order valence-electron chi connectivity index (χ1n) is 2.67. The molecular weight excluding hydrogens is 88.1 g/mol. The van der Waals surface area contributed by atoms with E-state index in [4.69, 9.17) is 5.73 Å². The van der Waals surface area contributed by atoms with Crippen molar-refractivity contribution in [2.75, 3.05) is 13.6 Å². The number of hydrogen-bond donors (Lipinski definition) is 2. The first-order valence-corrected chi connectivity index (χ1v) is 2.67. The van der Waals surface area contributed by atoms with Crippen molar-refractivity contribution >= 4 is 0 Å². The zero-order valence-electron chi connectivity index (χ0n) is 5.07. The Morgan fingerprint density at radius 1 is 1.71 bits per heavy atom. The summed E-state index contributed by atoms with van der Waals surface area (Å²) >= 11 is 0. The minimum Gasteiger partial charge on any atom is -0.328 e. The molecule has 7 heavy (non-hydrogen) atoms. The summed E-state index contributed by atoms with van der Waals surface area (Å²) in [5.41, 5.74) is 5.44. The number of rotatable bonds is 3. The molecule has 2 nitrogen and oxygen atoms in total. The smallest absolute Gasteiger partial charge is 0.00225 e. The predicted molar refractivity (Wildman–Crippen MR) is 32.2 cm³/mol. The van der Waals surface area contributed by atoms with Crippen LogP contribution in [0.15, 0.2) is 0 Å². The molecule has 0 saturated carbocycles.